The van der Waals surface area contributed by atoms with Crippen LogP contribution < -0.4 is 0 Å². The normalized spacial score (nSPS) is 28.8. The number of nitrogens with zero attached hydrogens (tertiary/aromatic N) is 4. The minimum Gasteiger partial charge on any atom is -0.470 e. The Labute approximate surface area is 134 Å². The van der Waals surface area contributed by atoms with Gasteiger partial charge in [-0.1, -0.05) is 11.6 Å². The summed E-state index contributed by atoms with van der Waals surface area (Å²) < 4.78 is 6.05. The van der Waals surface area contributed by atoms with Crippen LogP contribution in [0, 0.1) is 0 Å². The lowest BCUT2D eigenvalue weighted by Crippen LogP contribution is -2.45. The first-order valence-corrected chi connectivity index (χ1v) is 8.78. The molecule has 0 spiro atoms. The van der Waals surface area contributed by atoms with Gasteiger partial charge in [0.05, 0.1) is 0 Å². The standard InChI is InChI=1S/C16H30N4O2/c1-18-9-11-19(12-10-18)8-5-16-17-21-14-15(22-16)13-20-6-3-2-4-7-20/h15H,2-14H2,1H3/t15-/m1/s1. The summed E-state index contributed by atoms with van der Waals surface area (Å²) in [6.07, 6.45) is 5.02. The fourth-order valence-electron chi connectivity index (χ4n) is 3.39. The number of hydrogen-bond acceptors (Lipinski definition) is 6. The van der Waals surface area contributed by atoms with Crippen LogP contribution in [0.15, 0.2) is 5.16 Å². The molecule has 3 aliphatic heterocycles. The van der Waals surface area contributed by atoms with E-state index in [1.807, 2.05) is 0 Å². The van der Waals surface area contributed by atoms with Crippen LogP contribution >= 0.6 is 0 Å². The van der Waals surface area contributed by atoms with Crippen LogP contribution in [0.2, 0.25) is 0 Å². The fourth-order valence-corrected chi connectivity index (χ4v) is 3.39. The van der Waals surface area contributed by atoms with E-state index >= 15 is 0 Å². The molecule has 1 atom stereocenters. The van der Waals surface area contributed by atoms with Crippen molar-refractivity contribution in [3.8, 4) is 0 Å². The van der Waals surface area contributed by atoms with E-state index < -0.39 is 0 Å². The molecule has 0 bridgehead atoms. The second-order valence-corrected chi connectivity index (χ2v) is 6.78. The van der Waals surface area contributed by atoms with Crippen molar-refractivity contribution in [1.29, 1.82) is 0 Å². The van der Waals surface area contributed by atoms with Gasteiger partial charge in [0.2, 0.25) is 5.90 Å². The molecule has 0 saturated carbocycles. The first-order valence-electron chi connectivity index (χ1n) is 8.78. The lowest BCUT2D eigenvalue weighted by Gasteiger charge is -2.33. The Balaban J connectivity index is 1.37. The van der Waals surface area contributed by atoms with Crippen molar-refractivity contribution in [2.45, 2.75) is 31.8 Å². The van der Waals surface area contributed by atoms with Crippen LogP contribution in [0.4, 0.5) is 0 Å². The average molecular weight is 310 g/mol. The summed E-state index contributed by atoms with van der Waals surface area (Å²) in [4.78, 5) is 12.8. The molecule has 0 aliphatic carbocycles. The van der Waals surface area contributed by atoms with Crippen molar-refractivity contribution >= 4 is 5.90 Å². The predicted molar refractivity (Wildman–Crippen MR) is 87.1 cm³/mol. The number of likely N-dealkylation sites (N-methyl/N-ethyl adjacent to an activating group) is 1. The monoisotopic (exact) mass is 310 g/mol. The van der Waals surface area contributed by atoms with Gasteiger partial charge in [-0.3, -0.25) is 4.90 Å². The molecular weight excluding hydrogens is 280 g/mol. The highest BCUT2D eigenvalue weighted by molar-refractivity contribution is 5.76. The SMILES string of the molecule is CN1CCN(CCC2=NOC[C@@H](CN3CCCCC3)O2)CC1. The molecule has 0 aromatic carbocycles. The smallest absolute Gasteiger partial charge is 0.227 e. The predicted octanol–water partition coefficient (Wildman–Crippen LogP) is 0.839. The van der Waals surface area contributed by atoms with Gasteiger partial charge in [0.25, 0.3) is 0 Å². The molecule has 3 aliphatic rings. The van der Waals surface area contributed by atoms with Gasteiger partial charge in [-0.25, -0.2) is 0 Å². The minimum atomic E-state index is 0.151. The first kappa shape index (κ1) is 16.0. The summed E-state index contributed by atoms with van der Waals surface area (Å²) >= 11 is 0. The van der Waals surface area contributed by atoms with Crippen molar-refractivity contribution in [2.24, 2.45) is 5.16 Å². The van der Waals surface area contributed by atoms with Gasteiger partial charge in [-0.15, -0.1) is 0 Å². The zero-order valence-electron chi connectivity index (χ0n) is 13.9. The van der Waals surface area contributed by atoms with Crippen molar-refractivity contribution < 1.29 is 9.57 Å². The van der Waals surface area contributed by atoms with Crippen molar-refractivity contribution in [2.75, 3.05) is 66.0 Å². The highest BCUT2D eigenvalue weighted by Crippen LogP contribution is 2.13. The highest BCUT2D eigenvalue weighted by atomic mass is 16.7. The number of oxime groups is 1. The summed E-state index contributed by atoms with van der Waals surface area (Å²) in [7, 11) is 2.19. The Hall–Kier alpha value is -0.850. The Morgan fingerprint density at radius 2 is 1.77 bits per heavy atom. The summed E-state index contributed by atoms with van der Waals surface area (Å²) in [5, 5.41) is 4.11. The Kier molecular flexibility index (Phi) is 5.92. The summed E-state index contributed by atoms with van der Waals surface area (Å²) in [6, 6.07) is 0. The zero-order valence-corrected chi connectivity index (χ0v) is 13.9. The second kappa shape index (κ2) is 8.13. The largest absolute Gasteiger partial charge is 0.470 e. The molecule has 0 radical (unpaired) electrons. The van der Waals surface area contributed by atoms with Gasteiger partial charge in [0, 0.05) is 45.7 Å². The molecule has 6 heteroatoms. The molecule has 126 valence electrons. The molecule has 2 fully saturated rings. The van der Waals surface area contributed by atoms with E-state index in [0.717, 1.165) is 51.6 Å². The number of rotatable bonds is 5. The van der Waals surface area contributed by atoms with E-state index in [4.69, 9.17) is 9.57 Å². The molecule has 3 heterocycles. The van der Waals surface area contributed by atoms with E-state index in [0.29, 0.717) is 6.61 Å². The fraction of sp³-hybridized carbons (Fsp3) is 0.938. The van der Waals surface area contributed by atoms with E-state index in [1.54, 1.807) is 0 Å². The third-order valence-electron chi connectivity index (χ3n) is 4.88. The van der Waals surface area contributed by atoms with Crippen LogP contribution in [0.5, 0.6) is 0 Å². The minimum absolute atomic E-state index is 0.151. The number of likely N-dealkylation sites (tertiary alicyclic amines) is 1. The number of ether oxygens (including phenoxy) is 1. The maximum Gasteiger partial charge on any atom is 0.227 e. The van der Waals surface area contributed by atoms with Gasteiger partial charge in [-0.05, 0) is 33.0 Å². The quantitative estimate of drug-likeness (QED) is 0.752. The maximum absolute atomic E-state index is 6.05. The Morgan fingerprint density at radius 1 is 1.00 bits per heavy atom. The lowest BCUT2D eigenvalue weighted by molar-refractivity contribution is -0.0124. The molecule has 0 unspecified atom stereocenters. The van der Waals surface area contributed by atoms with Gasteiger partial charge < -0.3 is 19.4 Å². The third kappa shape index (κ3) is 4.83. The topological polar surface area (TPSA) is 40.5 Å². The molecular formula is C16H30N4O2. The van der Waals surface area contributed by atoms with Gasteiger partial charge in [0.1, 0.15) is 6.10 Å². The van der Waals surface area contributed by atoms with Crippen LogP contribution in [0.1, 0.15) is 25.7 Å². The molecule has 3 rings (SSSR count). The molecule has 22 heavy (non-hydrogen) atoms. The van der Waals surface area contributed by atoms with Gasteiger partial charge >= 0.3 is 0 Å². The van der Waals surface area contributed by atoms with Crippen molar-refractivity contribution in [3.05, 3.63) is 0 Å². The van der Waals surface area contributed by atoms with Crippen molar-refractivity contribution in [3.63, 3.8) is 0 Å². The summed E-state index contributed by atoms with van der Waals surface area (Å²) in [5.74, 6) is 0.784. The molecule has 0 amide bonds. The van der Waals surface area contributed by atoms with Crippen LogP contribution in [-0.2, 0) is 9.57 Å². The molecule has 6 nitrogen and oxygen atoms in total. The van der Waals surface area contributed by atoms with Crippen LogP contribution in [-0.4, -0.2) is 92.7 Å². The molecule has 2 saturated heterocycles. The first-order chi connectivity index (χ1) is 10.8. The number of piperidine rings is 1. The number of hydrogen-bond donors (Lipinski definition) is 0. The van der Waals surface area contributed by atoms with Crippen LogP contribution in [0.3, 0.4) is 0 Å². The molecule has 0 aromatic rings. The van der Waals surface area contributed by atoms with E-state index in [9.17, 15) is 0 Å². The van der Waals surface area contributed by atoms with Gasteiger partial charge in [-0.2, -0.15) is 0 Å². The Bertz CT molecular complexity index is 363. The summed E-state index contributed by atoms with van der Waals surface area (Å²) in [5.41, 5.74) is 0. The van der Waals surface area contributed by atoms with E-state index in [1.165, 1.54) is 32.4 Å². The number of piperazine rings is 1. The summed E-state index contributed by atoms with van der Waals surface area (Å²) in [6.45, 7) is 9.59. The molecule has 0 aromatic heterocycles. The highest BCUT2D eigenvalue weighted by Gasteiger charge is 2.24. The average Bonchev–Trinajstić information content (AvgIpc) is 2.56. The van der Waals surface area contributed by atoms with E-state index in [-0.39, 0.29) is 6.10 Å². The molecule has 0 N–H and O–H groups in total. The lowest BCUT2D eigenvalue weighted by atomic mass is 10.1. The van der Waals surface area contributed by atoms with E-state index in [2.05, 4.69) is 26.9 Å². The zero-order chi connectivity index (χ0) is 15.2. The maximum atomic E-state index is 6.05. The third-order valence-corrected chi connectivity index (χ3v) is 4.88. The Morgan fingerprint density at radius 3 is 2.55 bits per heavy atom. The second-order valence-electron chi connectivity index (χ2n) is 6.78. The van der Waals surface area contributed by atoms with Crippen LogP contribution in [0.25, 0.3) is 0 Å². The van der Waals surface area contributed by atoms with Gasteiger partial charge in [0.15, 0.2) is 6.61 Å². The van der Waals surface area contributed by atoms with Crippen molar-refractivity contribution in [1.82, 2.24) is 14.7 Å².